The Labute approximate surface area is 121 Å². The molecule has 19 heavy (non-hydrogen) atoms. The molecular weight excluding hydrogens is 252 g/mol. The van der Waals surface area contributed by atoms with Gasteiger partial charge in [-0.15, -0.1) is 0 Å². The fraction of sp³-hybridized carbons (Fsp3) is 0.625. The van der Waals surface area contributed by atoms with Gasteiger partial charge in [0.15, 0.2) is 0 Å². The van der Waals surface area contributed by atoms with Crippen LogP contribution >= 0.6 is 11.8 Å². The molecule has 1 atom stereocenters. The average molecular weight is 276 g/mol. The molecule has 0 spiro atoms. The maximum absolute atomic E-state index is 3.88. The lowest BCUT2D eigenvalue weighted by atomic mass is 10.1. The molecule has 2 aliphatic heterocycles. The Kier molecular flexibility index (Phi) is 4.81. The third-order valence-corrected chi connectivity index (χ3v) is 5.26. The highest BCUT2D eigenvalue weighted by molar-refractivity contribution is 7.99. The van der Waals surface area contributed by atoms with Gasteiger partial charge in [0.25, 0.3) is 0 Å². The molecule has 2 fully saturated rings. The van der Waals surface area contributed by atoms with E-state index in [0.717, 1.165) is 18.6 Å². The molecule has 3 heteroatoms. The Balaban J connectivity index is 1.44. The third-order valence-electron chi connectivity index (χ3n) is 4.21. The number of rotatable bonds is 4. The molecule has 1 aromatic carbocycles. The molecule has 3 rings (SSSR count). The number of nitrogens with zero attached hydrogens (tertiary/aromatic N) is 1. The molecule has 0 saturated carbocycles. The van der Waals surface area contributed by atoms with Gasteiger partial charge in [-0.25, -0.2) is 0 Å². The summed E-state index contributed by atoms with van der Waals surface area (Å²) in [4.78, 5) is 2.59. The smallest absolute Gasteiger partial charge is 0.0234 e. The molecule has 0 bridgehead atoms. The first-order chi connectivity index (χ1) is 9.40. The van der Waals surface area contributed by atoms with Gasteiger partial charge in [-0.1, -0.05) is 30.3 Å². The lowest BCUT2D eigenvalue weighted by Crippen LogP contribution is -2.41. The summed E-state index contributed by atoms with van der Waals surface area (Å²) in [5, 5.41) is 3.88. The van der Waals surface area contributed by atoms with Crippen LogP contribution in [-0.2, 0) is 6.54 Å². The number of hydrogen-bond acceptors (Lipinski definition) is 3. The molecular formula is C16H24N2S. The van der Waals surface area contributed by atoms with Crippen LogP contribution in [0.4, 0.5) is 0 Å². The van der Waals surface area contributed by atoms with E-state index >= 15 is 0 Å². The topological polar surface area (TPSA) is 15.3 Å². The molecule has 0 radical (unpaired) electrons. The van der Waals surface area contributed by atoms with Crippen molar-refractivity contribution in [3.05, 3.63) is 35.9 Å². The van der Waals surface area contributed by atoms with Gasteiger partial charge in [0.1, 0.15) is 0 Å². The number of likely N-dealkylation sites (tertiary alicyclic amines) is 1. The Bertz CT molecular complexity index is 376. The molecule has 0 aliphatic carbocycles. The van der Waals surface area contributed by atoms with Crippen LogP contribution in [-0.4, -0.2) is 41.6 Å². The maximum Gasteiger partial charge on any atom is 0.0234 e. The van der Waals surface area contributed by atoms with Gasteiger partial charge >= 0.3 is 0 Å². The third kappa shape index (κ3) is 3.98. The van der Waals surface area contributed by atoms with E-state index in [1.807, 2.05) is 0 Å². The fourth-order valence-electron chi connectivity index (χ4n) is 3.15. The molecule has 2 saturated heterocycles. The van der Waals surface area contributed by atoms with Gasteiger partial charge < -0.3 is 5.32 Å². The number of hydrogen-bond donors (Lipinski definition) is 1. The first kappa shape index (κ1) is 13.5. The van der Waals surface area contributed by atoms with E-state index in [4.69, 9.17) is 0 Å². The van der Waals surface area contributed by atoms with Crippen LogP contribution in [0, 0.1) is 0 Å². The molecule has 2 nitrogen and oxygen atoms in total. The first-order valence-electron chi connectivity index (χ1n) is 7.50. The van der Waals surface area contributed by atoms with E-state index in [9.17, 15) is 0 Å². The van der Waals surface area contributed by atoms with Crippen LogP contribution in [0.2, 0.25) is 0 Å². The summed E-state index contributed by atoms with van der Waals surface area (Å²) in [6, 6.07) is 12.3. The van der Waals surface area contributed by atoms with Crippen LogP contribution in [0.1, 0.15) is 24.8 Å². The molecule has 0 aromatic heterocycles. The second kappa shape index (κ2) is 6.78. The van der Waals surface area contributed by atoms with Crippen molar-refractivity contribution in [2.75, 3.05) is 24.6 Å². The maximum atomic E-state index is 3.88. The Morgan fingerprint density at radius 2 is 1.84 bits per heavy atom. The van der Waals surface area contributed by atoms with Crippen LogP contribution in [0.5, 0.6) is 0 Å². The highest BCUT2D eigenvalue weighted by Gasteiger charge is 2.25. The van der Waals surface area contributed by atoms with Crippen LogP contribution in [0.25, 0.3) is 0 Å². The van der Waals surface area contributed by atoms with Crippen molar-refractivity contribution < 1.29 is 0 Å². The normalized spacial score (nSPS) is 25.8. The molecule has 104 valence electrons. The minimum absolute atomic E-state index is 0.719. The first-order valence-corrected chi connectivity index (χ1v) is 8.66. The summed E-state index contributed by atoms with van der Waals surface area (Å²) in [6.45, 7) is 3.58. The highest BCUT2D eigenvalue weighted by atomic mass is 32.2. The summed E-state index contributed by atoms with van der Waals surface area (Å²) >= 11 is 2.11. The van der Waals surface area contributed by atoms with E-state index in [-0.39, 0.29) is 0 Å². The summed E-state index contributed by atoms with van der Waals surface area (Å²) in [6.07, 6.45) is 4.04. The van der Waals surface area contributed by atoms with Crippen molar-refractivity contribution in [1.82, 2.24) is 10.2 Å². The van der Waals surface area contributed by atoms with E-state index in [2.05, 4.69) is 52.3 Å². The van der Waals surface area contributed by atoms with Crippen LogP contribution < -0.4 is 5.32 Å². The zero-order chi connectivity index (χ0) is 12.9. The molecule has 0 amide bonds. The molecule has 1 unspecified atom stereocenters. The number of thioether (sulfide) groups is 1. The van der Waals surface area contributed by atoms with Gasteiger partial charge in [0, 0.05) is 31.7 Å². The number of benzene rings is 1. The summed E-state index contributed by atoms with van der Waals surface area (Å²) in [5.41, 5.74) is 1.44. The van der Waals surface area contributed by atoms with Gasteiger partial charge in [-0.2, -0.15) is 11.8 Å². The van der Waals surface area contributed by atoms with E-state index in [0.29, 0.717) is 0 Å². The van der Waals surface area contributed by atoms with Gasteiger partial charge in [-0.3, -0.25) is 4.90 Å². The summed E-state index contributed by atoms with van der Waals surface area (Å²) in [5.74, 6) is 2.69. The van der Waals surface area contributed by atoms with Crippen molar-refractivity contribution >= 4 is 11.8 Å². The second-order valence-corrected chi connectivity index (χ2v) is 6.98. The Hall–Kier alpha value is -0.510. The molecule has 2 aliphatic rings. The molecule has 1 aromatic rings. The fourth-order valence-corrected chi connectivity index (χ4v) is 4.26. The minimum atomic E-state index is 0.719. The van der Waals surface area contributed by atoms with Crippen LogP contribution in [0.15, 0.2) is 30.3 Å². The van der Waals surface area contributed by atoms with Crippen molar-refractivity contribution in [3.8, 4) is 0 Å². The largest absolute Gasteiger partial charge is 0.310 e. The average Bonchev–Trinajstić information content (AvgIpc) is 2.88. The van der Waals surface area contributed by atoms with Crippen molar-refractivity contribution in [2.24, 2.45) is 0 Å². The SMILES string of the molecule is c1ccc(CN2CCC(NC3CCSCC3)C2)cc1. The van der Waals surface area contributed by atoms with Crippen molar-refractivity contribution in [2.45, 2.75) is 37.9 Å². The summed E-state index contributed by atoms with van der Waals surface area (Å²) in [7, 11) is 0. The molecule has 2 heterocycles. The van der Waals surface area contributed by atoms with Gasteiger partial charge in [-0.05, 0) is 36.3 Å². The molecule has 1 N–H and O–H groups in total. The quantitative estimate of drug-likeness (QED) is 0.910. The van der Waals surface area contributed by atoms with Gasteiger partial charge in [0.05, 0.1) is 0 Å². The Morgan fingerprint density at radius 1 is 1.05 bits per heavy atom. The number of nitrogens with one attached hydrogen (secondary N) is 1. The second-order valence-electron chi connectivity index (χ2n) is 5.76. The zero-order valence-corrected chi connectivity index (χ0v) is 12.4. The summed E-state index contributed by atoms with van der Waals surface area (Å²) < 4.78 is 0. The zero-order valence-electron chi connectivity index (χ0n) is 11.6. The monoisotopic (exact) mass is 276 g/mol. The van der Waals surface area contributed by atoms with Gasteiger partial charge in [0.2, 0.25) is 0 Å². The predicted octanol–water partition coefficient (Wildman–Crippen LogP) is 2.75. The predicted molar refractivity (Wildman–Crippen MR) is 83.6 cm³/mol. The minimum Gasteiger partial charge on any atom is -0.310 e. The Morgan fingerprint density at radius 3 is 2.63 bits per heavy atom. The lowest BCUT2D eigenvalue weighted by molar-refractivity contribution is 0.312. The van der Waals surface area contributed by atoms with E-state index in [1.54, 1.807) is 0 Å². The van der Waals surface area contributed by atoms with Crippen molar-refractivity contribution in [1.29, 1.82) is 0 Å². The lowest BCUT2D eigenvalue weighted by Gasteiger charge is -2.26. The standard InChI is InChI=1S/C16H24N2S/c1-2-4-14(5-3-1)12-18-9-6-16(13-18)17-15-7-10-19-11-8-15/h1-5,15-17H,6-13H2. The van der Waals surface area contributed by atoms with Crippen LogP contribution in [0.3, 0.4) is 0 Å². The van der Waals surface area contributed by atoms with Crippen molar-refractivity contribution in [3.63, 3.8) is 0 Å². The highest BCUT2D eigenvalue weighted by Crippen LogP contribution is 2.20. The van der Waals surface area contributed by atoms with E-state index in [1.165, 1.54) is 49.4 Å². The van der Waals surface area contributed by atoms with E-state index < -0.39 is 0 Å².